The molecule has 0 bridgehead atoms. The highest BCUT2D eigenvalue weighted by Gasteiger charge is 2.26. The van der Waals surface area contributed by atoms with Crippen LogP contribution in [-0.2, 0) is 4.57 Å². The number of hydrogen-bond acceptors (Lipinski definition) is 5. The SMILES string of the molecule is COc1cc2nccc(N3CCC(CP(=O)(O)O)CC3)c2cc1OC. The highest BCUT2D eigenvalue weighted by molar-refractivity contribution is 7.51. The lowest BCUT2D eigenvalue weighted by Gasteiger charge is -2.34. The van der Waals surface area contributed by atoms with E-state index >= 15 is 0 Å². The summed E-state index contributed by atoms with van der Waals surface area (Å²) in [4.78, 5) is 25.0. The molecule has 7 nitrogen and oxygen atoms in total. The summed E-state index contributed by atoms with van der Waals surface area (Å²) < 4.78 is 21.9. The molecule has 0 aliphatic carbocycles. The van der Waals surface area contributed by atoms with Gasteiger partial charge in [0.05, 0.1) is 25.9 Å². The van der Waals surface area contributed by atoms with Crippen molar-refractivity contribution in [3.8, 4) is 11.5 Å². The molecule has 2 aromatic rings. The second kappa shape index (κ2) is 7.20. The van der Waals surface area contributed by atoms with Crippen molar-refractivity contribution >= 4 is 24.2 Å². The average Bonchev–Trinajstić information content (AvgIpc) is 2.59. The Balaban J connectivity index is 1.86. The Morgan fingerprint density at radius 1 is 1.20 bits per heavy atom. The summed E-state index contributed by atoms with van der Waals surface area (Å²) in [6, 6.07) is 5.76. The van der Waals surface area contributed by atoms with E-state index in [-0.39, 0.29) is 12.1 Å². The molecule has 1 fully saturated rings. The largest absolute Gasteiger partial charge is 0.493 e. The van der Waals surface area contributed by atoms with Crippen LogP contribution in [0.3, 0.4) is 0 Å². The summed E-state index contributed by atoms with van der Waals surface area (Å²) in [6.45, 7) is 1.52. The van der Waals surface area contributed by atoms with Crippen LogP contribution >= 0.6 is 7.60 Å². The second-order valence-electron chi connectivity index (χ2n) is 6.33. The van der Waals surface area contributed by atoms with Crippen LogP contribution in [0.4, 0.5) is 5.69 Å². The molecule has 0 radical (unpaired) electrons. The maximum atomic E-state index is 11.2. The fourth-order valence-electron chi connectivity index (χ4n) is 3.43. The Kier molecular flexibility index (Phi) is 5.18. The lowest BCUT2D eigenvalue weighted by Crippen LogP contribution is -2.34. The molecule has 8 heteroatoms. The number of pyridine rings is 1. The van der Waals surface area contributed by atoms with E-state index in [1.165, 1.54) is 0 Å². The number of methoxy groups -OCH3 is 2. The Bertz CT molecular complexity index is 799. The molecule has 3 rings (SSSR count). The van der Waals surface area contributed by atoms with Gasteiger partial charge in [-0.2, -0.15) is 0 Å². The molecule has 2 N–H and O–H groups in total. The van der Waals surface area contributed by atoms with E-state index in [1.807, 2.05) is 18.2 Å². The van der Waals surface area contributed by atoms with E-state index in [4.69, 9.17) is 19.3 Å². The number of benzene rings is 1. The molecule has 0 unspecified atom stereocenters. The molecule has 0 spiro atoms. The zero-order valence-electron chi connectivity index (χ0n) is 14.4. The maximum Gasteiger partial charge on any atom is 0.325 e. The maximum absolute atomic E-state index is 11.2. The third kappa shape index (κ3) is 4.06. The molecule has 1 aliphatic rings. The number of aromatic nitrogens is 1. The van der Waals surface area contributed by atoms with E-state index in [0.29, 0.717) is 11.5 Å². The van der Waals surface area contributed by atoms with Gasteiger partial charge in [-0.15, -0.1) is 0 Å². The summed E-state index contributed by atoms with van der Waals surface area (Å²) in [5.41, 5.74) is 1.88. The summed E-state index contributed by atoms with van der Waals surface area (Å²) >= 11 is 0. The van der Waals surface area contributed by atoms with Crippen molar-refractivity contribution in [2.24, 2.45) is 5.92 Å². The molecule has 136 valence electrons. The van der Waals surface area contributed by atoms with Crippen molar-refractivity contribution in [3.05, 3.63) is 24.4 Å². The van der Waals surface area contributed by atoms with Crippen molar-refractivity contribution < 1.29 is 23.8 Å². The minimum Gasteiger partial charge on any atom is -0.493 e. The number of piperidine rings is 1. The third-order valence-electron chi connectivity index (χ3n) is 4.68. The number of nitrogens with zero attached hydrogens (tertiary/aromatic N) is 2. The van der Waals surface area contributed by atoms with Gasteiger partial charge in [-0.1, -0.05) is 0 Å². The van der Waals surface area contributed by atoms with Crippen LogP contribution < -0.4 is 14.4 Å². The lowest BCUT2D eigenvalue weighted by molar-refractivity contribution is 0.347. The van der Waals surface area contributed by atoms with Gasteiger partial charge in [0.1, 0.15) is 0 Å². The van der Waals surface area contributed by atoms with E-state index in [0.717, 1.165) is 42.5 Å². The molecular formula is C17H23N2O5P. The molecule has 1 aromatic heterocycles. The molecular weight excluding hydrogens is 343 g/mol. The second-order valence-corrected chi connectivity index (χ2v) is 8.03. The molecule has 1 saturated heterocycles. The molecule has 1 aliphatic heterocycles. The van der Waals surface area contributed by atoms with Crippen molar-refractivity contribution in [3.63, 3.8) is 0 Å². The Labute approximate surface area is 146 Å². The summed E-state index contributed by atoms with van der Waals surface area (Å²) in [5, 5.41) is 0.980. The van der Waals surface area contributed by atoms with Crippen LogP contribution in [0.15, 0.2) is 24.4 Å². The van der Waals surface area contributed by atoms with E-state index < -0.39 is 7.60 Å². The first kappa shape index (κ1) is 18.0. The first-order chi connectivity index (χ1) is 11.9. The van der Waals surface area contributed by atoms with Crippen molar-refractivity contribution in [1.82, 2.24) is 4.98 Å². The van der Waals surface area contributed by atoms with Crippen molar-refractivity contribution in [2.45, 2.75) is 12.8 Å². The monoisotopic (exact) mass is 366 g/mol. The highest BCUT2D eigenvalue weighted by atomic mass is 31.2. The minimum absolute atomic E-state index is 0.0248. The molecule has 0 saturated carbocycles. The van der Waals surface area contributed by atoms with Gasteiger partial charge in [0.2, 0.25) is 0 Å². The molecule has 0 atom stereocenters. The quantitative estimate of drug-likeness (QED) is 0.786. The van der Waals surface area contributed by atoms with Crippen LogP contribution in [0.5, 0.6) is 11.5 Å². The Hall–Kier alpha value is -1.82. The average molecular weight is 366 g/mol. The topological polar surface area (TPSA) is 92.1 Å². The highest BCUT2D eigenvalue weighted by Crippen LogP contribution is 2.41. The normalized spacial score (nSPS) is 16.2. The van der Waals surface area contributed by atoms with Gasteiger partial charge in [0.25, 0.3) is 0 Å². The third-order valence-corrected chi connectivity index (χ3v) is 5.67. The molecule has 1 aromatic carbocycles. The number of anilines is 1. The van der Waals surface area contributed by atoms with Gasteiger partial charge in [0.15, 0.2) is 11.5 Å². The van der Waals surface area contributed by atoms with Crippen molar-refractivity contribution in [1.29, 1.82) is 0 Å². The first-order valence-corrected chi connectivity index (χ1v) is 10.0. The minimum atomic E-state index is -3.94. The zero-order chi connectivity index (χ0) is 18.0. The van der Waals surface area contributed by atoms with Gasteiger partial charge in [-0.3, -0.25) is 9.55 Å². The zero-order valence-corrected chi connectivity index (χ0v) is 15.3. The van der Waals surface area contributed by atoms with Gasteiger partial charge >= 0.3 is 7.60 Å². The summed E-state index contributed by atoms with van der Waals surface area (Å²) in [6.07, 6.45) is 3.28. The van der Waals surface area contributed by atoms with Crippen LogP contribution in [0.2, 0.25) is 0 Å². The molecule has 25 heavy (non-hydrogen) atoms. The van der Waals surface area contributed by atoms with Crippen LogP contribution in [-0.4, -0.2) is 48.2 Å². The number of rotatable bonds is 5. The first-order valence-electron chi connectivity index (χ1n) is 8.21. The number of ether oxygens (including phenoxy) is 2. The van der Waals surface area contributed by atoms with Gasteiger partial charge in [0, 0.05) is 36.4 Å². The predicted octanol–water partition coefficient (Wildman–Crippen LogP) is 2.65. The van der Waals surface area contributed by atoms with Gasteiger partial charge in [-0.25, -0.2) is 0 Å². The molecule has 0 amide bonds. The lowest BCUT2D eigenvalue weighted by atomic mass is 9.98. The van der Waals surface area contributed by atoms with E-state index in [1.54, 1.807) is 20.4 Å². The van der Waals surface area contributed by atoms with E-state index in [9.17, 15) is 4.57 Å². The van der Waals surface area contributed by atoms with Crippen LogP contribution in [0, 0.1) is 5.92 Å². The summed E-state index contributed by atoms with van der Waals surface area (Å²) in [5.74, 6) is 1.36. The van der Waals surface area contributed by atoms with Gasteiger partial charge < -0.3 is 24.2 Å². The number of hydrogen-bond donors (Lipinski definition) is 2. The smallest absolute Gasteiger partial charge is 0.325 e. The standard InChI is InChI=1S/C17H23N2O5P/c1-23-16-9-13-14(10-17(16)24-2)18-6-3-15(13)19-7-4-12(5-8-19)11-25(20,21)22/h3,6,9-10,12H,4-5,7-8,11H2,1-2H3,(H2,20,21,22). The van der Waals surface area contributed by atoms with Crippen LogP contribution in [0.1, 0.15) is 12.8 Å². The molecule has 2 heterocycles. The fourth-order valence-corrected chi connectivity index (χ4v) is 4.46. The summed E-state index contributed by atoms with van der Waals surface area (Å²) in [7, 11) is -0.743. The Morgan fingerprint density at radius 2 is 1.84 bits per heavy atom. The van der Waals surface area contributed by atoms with Gasteiger partial charge in [-0.05, 0) is 30.9 Å². The predicted molar refractivity (Wildman–Crippen MR) is 96.7 cm³/mol. The number of fused-ring (bicyclic) bond motifs is 1. The van der Waals surface area contributed by atoms with Crippen LogP contribution in [0.25, 0.3) is 10.9 Å². The Morgan fingerprint density at radius 3 is 2.44 bits per heavy atom. The van der Waals surface area contributed by atoms with Crippen molar-refractivity contribution in [2.75, 3.05) is 38.4 Å². The van der Waals surface area contributed by atoms with E-state index in [2.05, 4.69) is 9.88 Å². The fraction of sp³-hybridized carbons (Fsp3) is 0.471.